The summed E-state index contributed by atoms with van der Waals surface area (Å²) in [6.07, 6.45) is 1.13. The van der Waals surface area contributed by atoms with E-state index in [1.165, 1.54) is 32.1 Å². The number of carbonyl (C=O) groups excluding carboxylic acids is 2. The normalized spacial score (nSPS) is 25.5. The molecule has 1 rings (SSSR count). The summed E-state index contributed by atoms with van der Waals surface area (Å²) in [5.74, 6) is -2.64. The maximum Gasteiger partial charge on any atom is 0.331 e. The number of hydrogen-bond acceptors (Lipinski definition) is 9. The molecular formula is C23H41NO10. The van der Waals surface area contributed by atoms with E-state index in [1.807, 2.05) is 0 Å². The van der Waals surface area contributed by atoms with Crippen molar-refractivity contribution in [3.63, 3.8) is 0 Å². The van der Waals surface area contributed by atoms with E-state index >= 15 is 0 Å². The third-order valence-corrected chi connectivity index (χ3v) is 5.85. The number of carboxylic acid groups (broad SMARTS) is 1. The molecule has 0 aromatic carbocycles. The topological polar surface area (TPSA) is 183 Å². The zero-order valence-corrected chi connectivity index (χ0v) is 19.9. The van der Waals surface area contributed by atoms with Crippen molar-refractivity contribution in [1.82, 2.24) is 5.32 Å². The number of esters is 1. The molecule has 0 spiro atoms. The number of ether oxygens (including phenoxy) is 2. The molecule has 1 saturated heterocycles. The van der Waals surface area contributed by atoms with Crippen LogP contribution in [0.5, 0.6) is 0 Å². The van der Waals surface area contributed by atoms with Gasteiger partial charge in [-0.1, -0.05) is 58.3 Å². The highest BCUT2D eigenvalue weighted by Crippen LogP contribution is 2.22. The molecule has 1 amide bonds. The predicted molar refractivity (Wildman–Crippen MR) is 121 cm³/mol. The molecule has 1 aliphatic heterocycles. The van der Waals surface area contributed by atoms with Gasteiger partial charge in [-0.3, -0.25) is 9.59 Å². The molecule has 6 atom stereocenters. The first-order valence-corrected chi connectivity index (χ1v) is 12.2. The minimum atomic E-state index is -1.79. The second-order valence-corrected chi connectivity index (χ2v) is 8.77. The Bertz CT molecular complexity index is 615. The Morgan fingerprint density at radius 1 is 0.882 bits per heavy atom. The number of aliphatic hydroxyl groups is 4. The molecule has 0 radical (unpaired) electrons. The van der Waals surface area contributed by atoms with Crippen molar-refractivity contribution in [1.29, 1.82) is 0 Å². The minimum Gasteiger partial charge on any atom is -0.481 e. The Hall–Kier alpha value is -1.79. The zero-order chi connectivity index (χ0) is 25.5. The highest BCUT2D eigenvalue weighted by atomic mass is 16.7. The van der Waals surface area contributed by atoms with Gasteiger partial charge in [-0.15, -0.1) is 0 Å². The van der Waals surface area contributed by atoms with Crippen LogP contribution in [-0.2, 0) is 23.9 Å². The average molecular weight is 492 g/mol. The number of aliphatic hydroxyl groups excluding tert-OH is 4. The lowest BCUT2D eigenvalue weighted by atomic mass is 9.99. The summed E-state index contributed by atoms with van der Waals surface area (Å²) in [4.78, 5) is 35.8. The van der Waals surface area contributed by atoms with Crippen LogP contribution < -0.4 is 5.32 Å². The van der Waals surface area contributed by atoms with E-state index < -0.39 is 67.6 Å². The van der Waals surface area contributed by atoms with Crippen LogP contribution in [0.3, 0.4) is 0 Å². The number of nitrogens with one attached hydrogen (secondary N) is 1. The molecule has 6 N–H and O–H groups in total. The van der Waals surface area contributed by atoms with E-state index in [-0.39, 0.29) is 12.8 Å². The maximum atomic E-state index is 12.6. The summed E-state index contributed by atoms with van der Waals surface area (Å²) in [6, 6.07) is -1.30. The molecule has 11 heteroatoms. The summed E-state index contributed by atoms with van der Waals surface area (Å²) in [7, 11) is 0. The van der Waals surface area contributed by atoms with Gasteiger partial charge in [0.05, 0.1) is 6.61 Å². The first kappa shape index (κ1) is 30.2. The van der Waals surface area contributed by atoms with Gasteiger partial charge in [0.1, 0.15) is 30.5 Å². The molecule has 1 aliphatic rings. The highest BCUT2D eigenvalue weighted by Gasteiger charge is 2.45. The fourth-order valence-electron chi connectivity index (χ4n) is 3.74. The first-order chi connectivity index (χ1) is 16.2. The number of hydrogen-bond donors (Lipinski definition) is 6. The van der Waals surface area contributed by atoms with Gasteiger partial charge in [0.2, 0.25) is 12.2 Å². The van der Waals surface area contributed by atoms with Gasteiger partial charge in [0.25, 0.3) is 0 Å². The monoisotopic (exact) mass is 491 g/mol. The van der Waals surface area contributed by atoms with Crippen LogP contribution in [0.15, 0.2) is 0 Å². The second-order valence-electron chi connectivity index (χ2n) is 8.77. The Morgan fingerprint density at radius 2 is 1.47 bits per heavy atom. The number of carboxylic acids is 1. The van der Waals surface area contributed by atoms with Crippen LogP contribution in [-0.4, -0.2) is 86.7 Å². The van der Waals surface area contributed by atoms with Crippen LogP contribution in [0.1, 0.15) is 84.0 Å². The summed E-state index contributed by atoms with van der Waals surface area (Å²) in [5, 5.41) is 50.3. The number of unbranched alkanes of at least 4 members (excludes halogenated alkanes) is 8. The molecular weight excluding hydrogens is 450 g/mol. The summed E-state index contributed by atoms with van der Waals surface area (Å²) < 4.78 is 10.2. The Labute approximate surface area is 200 Å². The van der Waals surface area contributed by atoms with Crippen molar-refractivity contribution < 1.29 is 49.4 Å². The van der Waals surface area contributed by atoms with Crippen LogP contribution in [0, 0.1) is 0 Å². The van der Waals surface area contributed by atoms with E-state index in [4.69, 9.17) is 14.6 Å². The number of carbonyl (C=O) groups is 3. The number of aliphatic carboxylic acids is 1. The molecule has 0 saturated carbocycles. The Balaban J connectivity index is 2.51. The van der Waals surface area contributed by atoms with Crippen LogP contribution in [0.4, 0.5) is 0 Å². The van der Waals surface area contributed by atoms with E-state index in [0.717, 1.165) is 19.3 Å². The van der Waals surface area contributed by atoms with E-state index in [0.29, 0.717) is 6.42 Å². The molecule has 34 heavy (non-hydrogen) atoms. The van der Waals surface area contributed by atoms with Crippen molar-refractivity contribution in [2.45, 2.75) is 121 Å². The molecule has 1 unspecified atom stereocenters. The molecule has 0 aromatic rings. The van der Waals surface area contributed by atoms with Gasteiger partial charge in [-0.05, 0) is 12.8 Å². The molecule has 198 valence electrons. The smallest absolute Gasteiger partial charge is 0.331 e. The van der Waals surface area contributed by atoms with Gasteiger partial charge < -0.3 is 40.3 Å². The highest BCUT2D eigenvalue weighted by molar-refractivity contribution is 5.85. The zero-order valence-electron chi connectivity index (χ0n) is 19.9. The van der Waals surface area contributed by atoms with E-state index in [2.05, 4.69) is 12.2 Å². The number of rotatable bonds is 17. The SMILES string of the molecule is CCCCCCCCCCCC(=O)N[C@@H](CCC(=O)O)C(=O)OC1O[C@H](CO)[C@@H](O)[C@H](O)[C@H]1O. The molecule has 0 bridgehead atoms. The second kappa shape index (κ2) is 16.8. The lowest BCUT2D eigenvalue weighted by Crippen LogP contribution is -2.60. The standard InChI is InChI=1S/C23H41NO10/c1-2-3-4-5-6-7-8-9-10-11-17(26)24-15(12-13-18(27)28)22(32)34-23-21(31)20(30)19(29)16(14-25)33-23/h15-16,19-21,23,25,29-31H,2-14H2,1H3,(H,24,26)(H,27,28)/t15-,16+,19+,20-,21+,23?/m0/s1. The largest absolute Gasteiger partial charge is 0.481 e. The summed E-state index contributed by atoms with van der Waals surface area (Å²) >= 11 is 0. The lowest BCUT2D eigenvalue weighted by molar-refractivity contribution is -0.293. The van der Waals surface area contributed by atoms with Crippen LogP contribution >= 0.6 is 0 Å². The minimum absolute atomic E-state index is 0.173. The molecule has 1 heterocycles. The van der Waals surface area contributed by atoms with Crippen LogP contribution in [0.25, 0.3) is 0 Å². The van der Waals surface area contributed by atoms with Crippen LogP contribution in [0.2, 0.25) is 0 Å². The third kappa shape index (κ3) is 11.1. The van der Waals surface area contributed by atoms with Gasteiger partial charge in [0.15, 0.2) is 0 Å². The number of amides is 1. The quantitative estimate of drug-likeness (QED) is 0.124. The van der Waals surface area contributed by atoms with Gasteiger partial charge in [-0.2, -0.15) is 0 Å². The van der Waals surface area contributed by atoms with E-state index in [9.17, 15) is 34.8 Å². The van der Waals surface area contributed by atoms with Crippen molar-refractivity contribution >= 4 is 17.8 Å². The molecule has 11 nitrogen and oxygen atoms in total. The fourth-order valence-corrected chi connectivity index (χ4v) is 3.74. The fraction of sp³-hybridized carbons (Fsp3) is 0.870. The van der Waals surface area contributed by atoms with Gasteiger partial charge >= 0.3 is 11.9 Å². The van der Waals surface area contributed by atoms with Crippen molar-refractivity contribution in [2.24, 2.45) is 0 Å². The van der Waals surface area contributed by atoms with Crippen molar-refractivity contribution in [3.8, 4) is 0 Å². The van der Waals surface area contributed by atoms with Crippen molar-refractivity contribution in [2.75, 3.05) is 6.61 Å². The van der Waals surface area contributed by atoms with Crippen molar-refractivity contribution in [3.05, 3.63) is 0 Å². The first-order valence-electron chi connectivity index (χ1n) is 12.2. The maximum absolute atomic E-state index is 12.6. The van der Waals surface area contributed by atoms with E-state index in [1.54, 1.807) is 0 Å². The Morgan fingerprint density at radius 3 is 2.03 bits per heavy atom. The molecule has 0 aliphatic carbocycles. The average Bonchev–Trinajstić information content (AvgIpc) is 2.80. The predicted octanol–water partition coefficient (Wildman–Crippen LogP) is 0.600. The lowest BCUT2D eigenvalue weighted by Gasteiger charge is -2.39. The molecule has 1 fully saturated rings. The van der Waals surface area contributed by atoms with Gasteiger partial charge in [-0.25, -0.2) is 4.79 Å². The third-order valence-electron chi connectivity index (χ3n) is 5.85. The summed E-state index contributed by atoms with van der Waals surface area (Å²) in [6.45, 7) is 1.48. The summed E-state index contributed by atoms with van der Waals surface area (Å²) in [5.41, 5.74) is 0. The Kier molecular flexibility index (Phi) is 14.9. The molecule has 0 aromatic heterocycles. The van der Waals surface area contributed by atoms with Gasteiger partial charge in [0, 0.05) is 12.8 Å².